The highest BCUT2D eigenvalue weighted by molar-refractivity contribution is 7.98. The van der Waals surface area contributed by atoms with Crippen molar-refractivity contribution in [2.75, 3.05) is 23.4 Å². The summed E-state index contributed by atoms with van der Waals surface area (Å²) in [5, 5.41) is 16.0. The third-order valence-corrected chi connectivity index (χ3v) is 5.83. The van der Waals surface area contributed by atoms with E-state index >= 15 is 0 Å². The van der Waals surface area contributed by atoms with Crippen molar-refractivity contribution in [3.63, 3.8) is 0 Å². The Morgan fingerprint density at radius 3 is 2.74 bits per heavy atom. The zero-order chi connectivity index (χ0) is 19.1. The second-order valence-electron chi connectivity index (χ2n) is 6.89. The Labute approximate surface area is 165 Å². The second kappa shape index (κ2) is 9.58. The smallest absolute Gasteiger partial charge is 0.224 e. The molecule has 1 aromatic carbocycles. The summed E-state index contributed by atoms with van der Waals surface area (Å²) in [6, 6.07) is 10.8. The summed E-state index contributed by atoms with van der Waals surface area (Å²) in [6.07, 6.45) is 8.04. The van der Waals surface area contributed by atoms with Crippen molar-refractivity contribution in [3.8, 4) is 6.07 Å². The lowest BCUT2D eigenvalue weighted by molar-refractivity contribution is 0.338. The van der Waals surface area contributed by atoms with E-state index in [1.54, 1.807) is 18.0 Å². The molecule has 27 heavy (non-hydrogen) atoms. The fourth-order valence-electron chi connectivity index (χ4n) is 3.34. The molecule has 1 aliphatic rings. The molecule has 0 atom stereocenters. The fraction of sp³-hybridized carbons (Fsp3) is 0.450. The summed E-state index contributed by atoms with van der Waals surface area (Å²) in [5.74, 6) is 1.71. The van der Waals surface area contributed by atoms with E-state index in [9.17, 15) is 5.26 Å². The van der Waals surface area contributed by atoms with E-state index in [1.807, 2.05) is 12.1 Å². The predicted molar refractivity (Wildman–Crippen MR) is 111 cm³/mol. The molecule has 0 bridgehead atoms. The highest BCUT2D eigenvalue weighted by Gasteiger charge is 2.19. The normalized spacial score (nSPS) is 19.3. The molecule has 4 N–H and O–H groups in total. The monoisotopic (exact) mass is 382 g/mol. The number of nitrogens with two attached hydrogens (primary N) is 1. The van der Waals surface area contributed by atoms with E-state index in [1.165, 1.54) is 10.5 Å². The average molecular weight is 383 g/mol. The number of nitrogens with zero attached hydrogens (tertiary/aromatic N) is 3. The van der Waals surface area contributed by atoms with E-state index in [0.29, 0.717) is 35.8 Å². The molecule has 1 saturated carbocycles. The minimum atomic E-state index is 0.343. The van der Waals surface area contributed by atoms with E-state index in [2.05, 4.69) is 45.1 Å². The summed E-state index contributed by atoms with van der Waals surface area (Å²) >= 11 is 1.72. The van der Waals surface area contributed by atoms with Gasteiger partial charge in [0.15, 0.2) is 0 Å². The van der Waals surface area contributed by atoms with Gasteiger partial charge in [0.2, 0.25) is 5.95 Å². The van der Waals surface area contributed by atoms with Gasteiger partial charge in [0, 0.05) is 24.0 Å². The molecule has 0 saturated heterocycles. The van der Waals surface area contributed by atoms with Gasteiger partial charge in [-0.2, -0.15) is 10.2 Å². The summed E-state index contributed by atoms with van der Waals surface area (Å²) in [7, 11) is 0. The van der Waals surface area contributed by atoms with Crippen LogP contribution in [0.15, 0.2) is 35.4 Å². The Kier molecular flexibility index (Phi) is 6.91. The van der Waals surface area contributed by atoms with Crippen molar-refractivity contribution >= 4 is 23.5 Å². The van der Waals surface area contributed by atoms with Gasteiger partial charge in [-0.05, 0) is 49.5 Å². The number of aromatic nitrogens is 2. The first-order valence-corrected chi connectivity index (χ1v) is 10.5. The number of hydrogen-bond acceptors (Lipinski definition) is 7. The van der Waals surface area contributed by atoms with E-state index in [-0.39, 0.29) is 0 Å². The first-order valence-electron chi connectivity index (χ1n) is 9.32. The highest BCUT2D eigenvalue weighted by Crippen LogP contribution is 2.24. The molecule has 142 valence electrons. The number of nitriles is 1. The first-order chi connectivity index (χ1) is 13.2. The van der Waals surface area contributed by atoms with Gasteiger partial charge in [-0.25, -0.2) is 4.98 Å². The summed E-state index contributed by atoms with van der Waals surface area (Å²) in [5.41, 5.74) is 7.65. The van der Waals surface area contributed by atoms with Crippen molar-refractivity contribution in [1.29, 1.82) is 5.26 Å². The van der Waals surface area contributed by atoms with Crippen molar-refractivity contribution in [3.05, 3.63) is 41.6 Å². The summed E-state index contributed by atoms with van der Waals surface area (Å²) in [6.45, 7) is 1.45. The highest BCUT2D eigenvalue weighted by atomic mass is 32.2. The van der Waals surface area contributed by atoms with E-state index in [0.717, 1.165) is 32.2 Å². The summed E-state index contributed by atoms with van der Waals surface area (Å²) in [4.78, 5) is 10.0. The Bertz CT molecular complexity index is 795. The van der Waals surface area contributed by atoms with Crippen molar-refractivity contribution < 1.29 is 0 Å². The average Bonchev–Trinajstić information content (AvgIpc) is 2.72. The van der Waals surface area contributed by atoms with Gasteiger partial charge in [-0.3, -0.25) is 0 Å². The van der Waals surface area contributed by atoms with Gasteiger partial charge in [0.1, 0.15) is 17.5 Å². The molecule has 0 unspecified atom stereocenters. The number of thioether (sulfide) groups is 1. The van der Waals surface area contributed by atoms with Crippen molar-refractivity contribution in [2.24, 2.45) is 11.7 Å². The van der Waals surface area contributed by atoms with Gasteiger partial charge in [0.25, 0.3) is 0 Å². The van der Waals surface area contributed by atoms with Crippen LogP contribution in [0, 0.1) is 17.2 Å². The van der Waals surface area contributed by atoms with Gasteiger partial charge < -0.3 is 16.4 Å². The number of hydrogen-bond donors (Lipinski definition) is 3. The van der Waals surface area contributed by atoms with Crippen molar-refractivity contribution in [2.45, 2.75) is 43.2 Å². The SMILES string of the molecule is CSc1ccccc1CNc1ncc(C#N)c(NC[C@H]2CC[C@H](N)CC2)n1. The van der Waals surface area contributed by atoms with Gasteiger partial charge in [0.05, 0.1) is 6.20 Å². The third-order valence-electron chi connectivity index (χ3n) is 4.99. The summed E-state index contributed by atoms with van der Waals surface area (Å²) < 4.78 is 0. The number of rotatable bonds is 7. The van der Waals surface area contributed by atoms with Crippen LogP contribution in [0.4, 0.5) is 11.8 Å². The van der Waals surface area contributed by atoms with E-state index < -0.39 is 0 Å². The molecule has 1 fully saturated rings. The maximum Gasteiger partial charge on any atom is 0.224 e. The number of nitrogens with one attached hydrogen (secondary N) is 2. The van der Waals surface area contributed by atoms with Crippen LogP contribution >= 0.6 is 11.8 Å². The molecular weight excluding hydrogens is 356 g/mol. The first kappa shape index (κ1) is 19.5. The van der Waals surface area contributed by atoms with Crippen LogP contribution in [-0.4, -0.2) is 28.8 Å². The molecule has 3 rings (SSSR count). The van der Waals surface area contributed by atoms with Crippen LogP contribution in [0.5, 0.6) is 0 Å². The van der Waals surface area contributed by atoms with Gasteiger partial charge in [-0.15, -0.1) is 11.8 Å². The molecule has 1 aromatic heterocycles. The van der Waals surface area contributed by atoms with E-state index in [4.69, 9.17) is 5.73 Å². The van der Waals surface area contributed by atoms with Gasteiger partial charge >= 0.3 is 0 Å². The van der Waals surface area contributed by atoms with Crippen molar-refractivity contribution in [1.82, 2.24) is 9.97 Å². The quantitative estimate of drug-likeness (QED) is 0.629. The Morgan fingerprint density at radius 1 is 1.22 bits per heavy atom. The number of benzene rings is 1. The maximum absolute atomic E-state index is 9.35. The van der Waals surface area contributed by atoms with Crippen LogP contribution in [0.25, 0.3) is 0 Å². The molecule has 1 heterocycles. The molecule has 0 radical (unpaired) electrons. The molecular formula is C20H26N6S. The molecule has 7 heteroatoms. The Hall–Kier alpha value is -2.30. The predicted octanol–water partition coefficient (Wildman–Crippen LogP) is 3.61. The molecule has 0 amide bonds. The molecule has 0 spiro atoms. The van der Waals surface area contributed by atoms with Crippen LogP contribution < -0.4 is 16.4 Å². The molecule has 0 aliphatic heterocycles. The number of anilines is 2. The van der Waals surface area contributed by atoms with Crippen LogP contribution in [0.1, 0.15) is 36.8 Å². The molecule has 1 aliphatic carbocycles. The third kappa shape index (κ3) is 5.34. The molecule has 2 aromatic rings. The van der Waals surface area contributed by atoms with Crippen LogP contribution in [0.2, 0.25) is 0 Å². The minimum Gasteiger partial charge on any atom is -0.369 e. The van der Waals surface area contributed by atoms with Gasteiger partial charge in [-0.1, -0.05) is 18.2 Å². The Morgan fingerprint density at radius 2 is 2.00 bits per heavy atom. The zero-order valence-corrected chi connectivity index (χ0v) is 16.4. The second-order valence-corrected chi connectivity index (χ2v) is 7.74. The zero-order valence-electron chi connectivity index (χ0n) is 15.6. The molecule has 6 nitrogen and oxygen atoms in total. The topological polar surface area (TPSA) is 99.7 Å². The minimum absolute atomic E-state index is 0.343. The Balaban J connectivity index is 1.63. The van der Waals surface area contributed by atoms with Crippen LogP contribution in [-0.2, 0) is 6.54 Å². The standard InChI is InChI=1S/C20H26N6S/c1-27-18-5-3-2-4-15(18)12-24-20-25-13-16(10-21)19(26-20)23-11-14-6-8-17(22)9-7-14/h2-5,13-14,17H,6-9,11-12,22H2,1H3,(H2,23,24,25,26)/t14-,17-. The fourth-order valence-corrected chi connectivity index (χ4v) is 3.96. The lowest BCUT2D eigenvalue weighted by atomic mass is 9.86. The lowest BCUT2D eigenvalue weighted by Gasteiger charge is -2.26. The lowest BCUT2D eigenvalue weighted by Crippen LogP contribution is -2.29. The van der Waals surface area contributed by atoms with Crippen LogP contribution in [0.3, 0.4) is 0 Å². The maximum atomic E-state index is 9.35. The largest absolute Gasteiger partial charge is 0.369 e.